The Hall–Kier alpha value is -1.06. The number of rotatable bonds is 3. The van der Waals surface area contributed by atoms with Crippen LogP contribution in [-0.2, 0) is 4.74 Å². The molecule has 0 bridgehead atoms. The molecule has 1 amide bonds. The van der Waals surface area contributed by atoms with E-state index in [0.717, 1.165) is 18.6 Å². The van der Waals surface area contributed by atoms with Crippen molar-refractivity contribution in [2.45, 2.75) is 26.7 Å². The van der Waals surface area contributed by atoms with Gasteiger partial charge < -0.3 is 4.74 Å². The van der Waals surface area contributed by atoms with Crippen molar-refractivity contribution in [2.24, 2.45) is 5.10 Å². The Morgan fingerprint density at radius 3 is 2.67 bits per heavy atom. The molecule has 1 heterocycles. The first-order valence-corrected chi connectivity index (χ1v) is 4.28. The fourth-order valence-corrected chi connectivity index (χ4v) is 1.04. The van der Waals surface area contributed by atoms with Gasteiger partial charge in [-0.2, -0.15) is 10.1 Å². The van der Waals surface area contributed by atoms with Gasteiger partial charge in [-0.25, -0.2) is 4.79 Å². The normalized spacial score (nSPS) is 16.2. The van der Waals surface area contributed by atoms with E-state index in [1.807, 2.05) is 13.8 Å². The standard InChI is InChI=1S/C8H14N2O2/c1-3-7(4-2)9-10-5-6-12-8(10)11/h3-6H2,1-2H3. The molecule has 0 unspecified atom stereocenters. The van der Waals surface area contributed by atoms with Gasteiger partial charge in [0.05, 0.1) is 6.54 Å². The molecule has 1 aliphatic rings. The topological polar surface area (TPSA) is 41.9 Å². The number of ether oxygens (including phenoxy) is 1. The molecule has 0 aliphatic carbocycles. The van der Waals surface area contributed by atoms with Gasteiger partial charge in [0.2, 0.25) is 0 Å². The van der Waals surface area contributed by atoms with E-state index in [2.05, 4.69) is 5.10 Å². The summed E-state index contributed by atoms with van der Waals surface area (Å²) in [7, 11) is 0. The second-order valence-corrected chi connectivity index (χ2v) is 2.61. The van der Waals surface area contributed by atoms with Gasteiger partial charge in [-0.15, -0.1) is 0 Å². The Morgan fingerprint density at radius 2 is 2.25 bits per heavy atom. The molecule has 0 radical (unpaired) electrons. The summed E-state index contributed by atoms with van der Waals surface area (Å²) >= 11 is 0. The fraction of sp³-hybridized carbons (Fsp3) is 0.750. The van der Waals surface area contributed by atoms with E-state index in [0.29, 0.717) is 13.2 Å². The van der Waals surface area contributed by atoms with Crippen LogP contribution in [0, 0.1) is 0 Å². The molecule has 4 nitrogen and oxygen atoms in total. The van der Waals surface area contributed by atoms with Gasteiger partial charge in [-0.3, -0.25) is 0 Å². The average Bonchev–Trinajstić information content (AvgIpc) is 2.47. The summed E-state index contributed by atoms with van der Waals surface area (Å²) in [6, 6.07) is 0. The molecule has 12 heavy (non-hydrogen) atoms. The summed E-state index contributed by atoms with van der Waals surface area (Å²) in [5.41, 5.74) is 1.04. The first kappa shape index (κ1) is 9.03. The van der Waals surface area contributed by atoms with Crippen molar-refractivity contribution >= 4 is 11.8 Å². The lowest BCUT2D eigenvalue weighted by molar-refractivity contribution is 0.159. The highest BCUT2D eigenvalue weighted by Crippen LogP contribution is 2.05. The van der Waals surface area contributed by atoms with Crippen LogP contribution < -0.4 is 0 Å². The minimum Gasteiger partial charge on any atom is -0.446 e. The SMILES string of the molecule is CCC(CC)=NN1CCOC1=O. The molecule has 4 heteroatoms. The van der Waals surface area contributed by atoms with E-state index >= 15 is 0 Å². The van der Waals surface area contributed by atoms with Crippen LogP contribution in [-0.4, -0.2) is 30.0 Å². The molecule has 1 rings (SSSR count). The van der Waals surface area contributed by atoms with Crippen LogP contribution >= 0.6 is 0 Å². The summed E-state index contributed by atoms with van der Waals surface area (Å²) in [4.78, 5) is 10.9. The predicted molar refractivity (Wildman–Crippen MR) is 46.1 cm³/mol. The number of nitrogens with zero attached hydrogens (tertiary/aromatic N) is 2. The highest BCUT2D eigenvalue weighted by molar-refractivity contribution is 5.85. The molecule has 68 valence electrons. The third-order valence-electron chi connectivity index (χ3n) is 1.82. The van der Waals surface area contributed by atoms with E-state index in [4.69, 9.17) is 4.74 Å². The molecule has 1 aliphatic heterocycles. The summed E-state index contributed by atoms with van der Waals surface area (Å²) in [5.74, 6) is 0. The number of hydrogen-bond donors (Lipinski definition) is 0. The van der Waals surface area contributed by atoms with Crippen molar-refractivity contribution in [2.75, 3.05) is 13.2 Å². The minimum atomic E-state index is -0.325. The number of cyclic esters (lactones) is 1. The quantitative estimate of drug-likeness (QED) is 0.604. The molecular weight excluding hydrogens is 156 g/mol. The van der Waals surface area contributed by atoms with Gasteiger partial charge in [0.25, 0.3) is 0 Å². The molecule has 0 spiro atoms. The highest BCUT2D eigenvalue weighted by Gasteiger charge is 2.21. The maximum Gasteiger partial charge on any atom is 0.430 e. The van der Waals surface area contributed by atoms with Crippen LogP contribution in [0.3, 0.4) is 0 Å². The molecule has 1 saturated heterocycles. The summed E-state index contributed by atoms with van der Waals surface area (Å²) in [6.07, 6.45) is 1.45. The lowest BCUT2D eigenvalue weighted by Crippen LogP contribution is -2.19. The van der Waals surface area contributed by atoms with Gasteiger partial charge in [-0.1, -0.05) is 13.8 Å². The van der Waals surface area contributed by atoms with Crippen LogP contribution in [0.2, 0.25) is 0 Å². The molecule has 0 aromatic heterocycles. The van der Waals surface area contributed by atoms with Gasteiger partial charge >= 0.3 is 6.09 Å². The van der Waals surface area contributed by atoms with Crippen LogP contribution in [0.5, 0.6) is 0 Å². The van der Waals surface area contributed by atoms with Crippen LogP contribution in [0.15, 0.2) is 5.10 Å². The van der Waals surface area contributed by atoms with Crippen LogP contribution in [0.25, 0.3) is 0 Å². The first-order valence-electron chi connectivity index (χ1n) is 4.28. The van der Waals surface area contributed by atoms with E-state index in [1.54, 1.807) is 0 Å². The zero-order valence-corrected chi connectivity index (χ0v) is 7.54. The highest BCUT2D eigenvalue weighted by atomic mass is 16.6. The third kappa shape index (κ3) is 1.96. The Balaban J connectivity index is 2.57. The van der Waals surface area contributed by atoms with Crippen molar-refractivity contribution in [1.82, 2.24) is 5.01 Å². The van der Waals surface area contributed by atoms with Crippen LogP contribution in [0.1, 0.15) is 26.7 Å². The van der Waals surface area contributed by atoms with Gasteiger partial charge in [0.15, 0.2) is 0 Å². The monoisotopic (exact) mass is 170 g/mol. The Labute approximate surface area is 72.2 Å². The zero-order chi connectivity index (χ0) is 8.97. The molecule has 0 aromatic rings. The van der Waals surface area contributed by atoms with Crippen LogP contribution in [0.4, 0.5) is 4.79 Å². The largest absolute Gasteiger partial charge is 0.446 e. The number of hydrogen-bond acceptors (Lipinski definition) is 3. The van der Waals surface area contributed by atoms with E-state index in [9.17, 15) is 4.79 Å². The summed E-state index contributed by atoms with van der Waals surface area (Å²) < 4.78 is 4.74. The third-order valence-corrected chi connectivity index (χ3v) is 1.82. The zero-order valence-electron chi connectivity index (χ0n) is 7.54. The number of amides is 1. The van der Waals surface area contributed by atoms with Gasteiger partial charge in [0.1, 0.15) is 6.61 Å². The van der Waals surface area contributed by atoms with Gasteiger partial charge in [0, 0.05) is 5.71 Å². The number of hydrazone groups is 1. The molecular formula is C8H14N2O2. The summed E-state index contributed by atoms with van der Waals surface area (Å²) in [6.45, 7) is 5.11. The molecule has 0 aromatic carbocycles. The number of carbonyl (C=O) groups is 1. The number of carbonyl (C=O) groups excluding carboxylic acids is 1. The van der Waals surface area contributed by atoms with Gasteiger partial charge in [-0.05, 0) is 12.8 Å². The fourth-order valence-electron chi connectivity index (χ4n) is 1.04. The predicted octanol–water partition coefficient (Wildman–Crippen LogP) is 1.61. The second-order valence-electron chi connectivity index (χ2n) is 2.61. The second kappa shape index (κ2) is 4.09. The maximum absolute atomic E-state index is 10.9. The Morgan fingerprint density at radius 1 is 1.58 bits per heavy atom. The lowest BCUT2D eigenvalue weighted by atomic mass is 10.2. The van der Waals surface area contributed by atoms with E-state index < -0.39 is 0 Å². The molecule has 0 N–H and O–H groups in total. The smallest absolute Gasteiger partial charge is 0.430 e. The minimum absolute atomic E-state index is 0.325. The molecule has 0 saturated carbocycles. The van der Waals surface area contributed by atoms with E-state index in [-0.39, 0.29) is 6.09 Å². The van der Waals surface area contributed by atoms with E-state index in [1.165, 1.54) is 5.01 Å². The van der Waals surface area contributed by atoms with Crippen molar-refractivity contribution in [3.05, 3.63) is 0 Å². The average molecular weight is 170 g/mol. The molecule has 1 fully saturated rings. The lowest BCUT2D eigenvalue weighted by Gasteiger charge is -2.07. The van der Waals surface area contributed by atoms with Crippen molar-refractivity contribution in [1.29, 1.82) is 0 Å². The first-order chi connectivity index (χ1) is 5.77. The van der Waals surface area contributed by atoms with Crippen molar-refractivity contribution in [3.8, 4) is 0 Å². The summed E-state index contributed by atoms with van der Waals surface area (Å²) in [5, 5.41) is 5.56. The Kier molecular flexibility index (Phi) is 3.08. The Bertz CT molecular complexity index is 195. The van der Waals surface area contributed by atoms with Crippen molar-refractivity contribution < 1.29 is 9.53 Å². The maximum atomic E-state index is 10.9. The van der Waals surface area contributed by atoms with Crippen molar-refractivity contribution in [3.63, 3.8) is 0 Å². The molecule has 0 atom stereocenters.